The van der Waals surface area contributed by atoms with Gasteiger partial charge in [0.15, 0.2) is 11.6 Å². The number of aliphatic hydroxyl groups excluding tert-OH is 1. The van der Waals surface area contributed by atoms with Crippen LogP contribution in [0.2, 0.25) is 0 Å². The van der Waals surface area contributed by atoms with E-state index < -0.39 is 47.3 Å². The standard InChI is InChI=1S/C25H27F4NO5/c1-2-15-6-8-24(9-7-15,23(33)34)30-22(32)17-13-19(21(20(26)14-17)35-11-10-31)16-4-3-5-18(12-16)25(27,28)29/h3-5,12-15,31H,2,6-11H2,1H3,(H,30,32)(H,33,34). The zero-order valence-electron chi connectivity index (χ0n) is 19.1. The quantitative estimate of drug-likeness (QED) is 0.445. The minimum atomic E-state index is -4.65. The molecule has 0 saturated heterocycles. The maximum absolute atomic E-state index is 15.0. The topological polar surface area (TPSA) is 95.9 Å². The van der Waals surface area contributed by atoms with E-state index in [1.807, 2.05) is 6.92 Å². The number of ether oxygens (including phenoxy) is 1. The molecule has 190 valence electrons. The highest BCUT2D eigenvalue weighted by atomic mass is 19.4. The Labute approximate surface area is 199 Å². The second kappa shape index (κ2) is 10.6. The molecule has 1 aliphatic carbocycles. The van der Waals surface area contributed by atoms with Gasteiger partial charge in [0.1, 0.15) is 12.1 Å². The molecule has 3 rings (SSSR count). The maximum Gasteiger partial charge on any atom is 0.416 e. The number of hydrogen-bond donors (Lipinski definition) is 3. The van der Waals surface area contributed by atoms with Crippen LogP contribution in [0.5, 0.6) is 5.75 Å². The summed E-state index contributed by atoms with van der Waals surface area (Å²) < 4.78 is 60.0. The molecule has 0 atom stereocenters. The van der Waals surface area contributed by atoms with Gasteiger partial charge in [0.25, 0.3) is 5.91 Å². The van der Waals surface area contributed by atoms with Gasteiger partial charge in [-0.1, -0.05) is 25.5 Å². The molecule has 10 heteroatoms. The van der Waals surface area contributed by atoms with Crippen LogP contribution in [0, 0.1) is 11.7 Å². The minimum absolute atomic E-state index is 0.0577. The Kier molecular flexibility index (Phi) is 8.04. The van der Waals surface area contributed by atoms with E-state index in [2.05, 4.69) is 5.32 Å². The van der Waals surface area contributed by atoms with Gasteiger partial charge in [-0.25, -0.2) is 9.18 Å². The number of carbonyl (C=O) groups excluding carboxylic acids is 1. The van der Waals surface area contributed by atoms with E-state index in [9.17, 15) is 27.9 Å². The van der Waals surface area contributed by atoms with Crippen LogP contribution in [0.1, 0.15) is 54.9 Å². The normalized spacial score (nSPS) is 20.3. The highest BCUT2D eigenvalue weighted by molar-refractivity contribution is 5.99. The molecule has 0 aromatic heterocycles. The second-order valence-corrected chi connectivity index (χ2v) is 8.68. The van der Waals surface area contributed by atoms with E-state index in [-0.39, 0.29) is 36.1 Å². The molecule has 0 heterocycles. The van der Waals surface area contributed by atoms with Crippen LogP contribution in [-0.4, -0.2) is 40.8 Å². The van der Waals surface area contributed by atoms with Gasteiger partial charge in [-0.2, -0.15) is 13.2 Å². The Morgan fingerprint density at radius 2 is 1.86 bits per heavy atom. The number of aliphatic hydroxyl groups is 1. The summed E-state index contributed by atoms with van der Waals surface area (Å²) in [6.07, 6.45) is -2.10. The second-order valence-electron chi connectivity index (χ2n) is 8.68. The summed E-state index contributed by atoms with van der Waals surface area (Å²) in [5.41, 5.74) is -2.94. The molecule has 1 aliphatic rings. The Hall–Kier alpha value is -3.14. The number of rotatable bonds is 8. The van der Waals surface area contributed by atoms with Gasteiger partial charge in [-0.05, 0) is 61.4 Å². The molecule has 0 bridgehead atoms. The number of halogens is 4. The summed E-state index contributed by atoms with van der Waals surface area (Å²) in [4.78, 5) is 25.1. The number of carboxylic acids is 1. The van der Waals surface area contributed by atoms with Crippen LogP contribution in [0.15, 0.2) is 36.4 Å². The van der Waals surface area contributed by atoms with Crippen LogP contribution in [0.4, 0.5) is 17.6 Å². The van der Waals surface area contributed by atoms with Crippen molar-refractivity contribution in [1.82, 2.24) is 5.32 Å². The van der Waals surface area contributed by atoms with Crippen molar-refractivity contribution in [2.75, 3.05) is 13.2 Å². The number of aliphatic carboxylic acids is 1. The third-order valence-electron chi connectivity index (χ3n) is 6.44. The number of nitrogens with one attached hydrogen (secondary N) is 1. The van der Waals surface area contributed by atoms with E-state index in [1.54, 1.807) is 0 Å². The fourth-order valence-corrected chi connectivity index (χ4v) is 4.36. The first-order valence-electron chi connectivity index (χ1n) is 11.3. The number of amides is 1. The lowest BCUT2D eigenvalue weighted by molar-refractivity contribution is -0.146. The Morgan fingerprint density at radius 1 is 1.17 bits per heavy atom. The summed E-state index contributed by atoms with van der Waals surface area (Å²) >= 11 is 0. The molecular formula is C25H27F4NO5. The number of carboxylic acid groups (broad SMARTS) is 1. The summed E-state index contributed by atoms with van der Waals surface area (Å²) in [5, 5.41) is 21.4. The van der Waals surface area contributed by atoms with Gasteiger partial charge in [0.05, 0.1) is 12.2 Å². The van der Waals surface area contributed by atoms with Gasteiger partial charge >= 0.3 is 12.1 Å². The number of alkyl halides is 3. The lowest BCUT2D eigenvalue weighted by Crippen LogP contribution is -2.56. The summed E-state index contributed by atoms with van der Waals surface area (Å²) in [5.74, 6) is -3.15. The van der Waals surface area contributed by atoms with Gasteiger partial charge in [-0.3, -0.25) is 4.79 Å². The molecule has 6 nitrogen and oxygen atoms in total. The van der Waals surface area contributed by atoms with E-state index in [4.69, 9.17) is 9.84 Å². The van der Waals surface area contributed by atoms with Crippen molar-refractivity contribution < 1.29 is 42.1 Å². The van der Waals surface area contributed by atoms with Crippen molar-refractivity contribution in [2.45, 2.75) is 50.7 Å². The van der Waals surface area contributed by atoms with E-state index in [0.29, 0.717) is 18.8 Å². The molecule has 1 saturated carbocycles. The first kappa shape index (κ1) is 26.5. The number of benzene rings is 2. The largest absolute Gasteiger partial charge is 0.487 e. The van der Waals surface area contributed by atoms with Crippen molar-refractivity contribution in [3.8, 4) is 16.9 Å². The first-order valence-corrected chi connectivity index (χ1v) is 11.3. The lowest BCUT2D eigenvalue weighted by atomic mass is 9.75. The number of hydrogen-bond acceptors (Lipinski definition) is 4. The maximum atomic E-state index is 15.0. The Bertz CT molecular complexity index is 1080. The van der Waals surface area contributed by atoms with Crippen molar-refractivity contribution in [2.24, 2.45) is 5.92 Å². The van der Waals surface area contributed by atoms with Crippen molar-refractivity contribution in [3.05, 3.63) is 53.3 Å². The fraction of sp³-hybridized carbons (Fsp3) is 0.440. The van der Waals surface area contributed by atoms with E-state index >= 15 is 4.39 Å². The van der Waals surface area contributed by atoms with Crippen LogP contribution < -0.4 is 10.1 Å². The van der Waals surface area contributed by atoms with Crippen LogP contribution in [-0.2, 0) is 11.0 Å². The molecule has 0 unspecified atom stereocenters. The van der Waals surface area contributed by atoms with Crippen molar-refractivity contribution >= 4 is 11.9 Å². The van der Waals surface area contributed by atoms with Crippen LogP contribution in [0.25, 0.3) is 11.1 Å². The smallest absolute Gasteiger partial charge is 0.416 e. The molecule has 2 aromatic rings. The summed E-state index contributed by atoms with van der Waals surface area (Å²) in [6, 6.07) is 6.10. The van der Waals surface area contributed by atoms with Crippen molar-refractivity contribution in [1.29, 1.82) is 0 Å². The van der Waals surface area contributed by atoms with Crippen molar-refractivity contribution in [3.63, 3.8) is 0 Å². The van der Waals surface area contributed by atoms with Crippen LogP contribution in [0.3, 0.4) is 0 Å². The van der Waals surface area contributed by atoms with Gasteiger partial charge in [-0.15, -0.1) is 0 Å². The van der Waals surface area contributed by atoms with Gasteiger partial charge in [0, 0.05) is 11.1 Å². The number of carbonyl (C=O) groups is 2. The third-order valence-corrected chi connectivity index (χ3v) is 6.44. The lowest BCUT2D eigenvalue weighted by Gasteiger charge is -2.37. The Balaban J connectivity index is 2.01. The molecular weight excluding hydrogens is 470 g/mol. The van der Waals surface area contributed by atoms with E-state index in [1.165, 1.54) is 6.07 Å². The third kappa shape index (κ3) is 5.93. The molecule has 0 spiro atoms. The average molecular weight is 497 g/mol. The molecule has 1 fully saturated rings. The molecule has 2 aromatic carbocycles. The molecule has 1 amide bonds. The zero-order valence-corrected chi connectivity index (χ0v) is 19.1. The fourth-order valence-electron chi connectivity index (χ4n) is 4.36. The first-order chi connectivity index (χ1) is 16.5. The molecule has 0 aliphatic heterocycles. The molecule has 35 heavy (non-hydrogen) atoms. The highest BCUT2D eigenvalue weighted by Crippen LogP contribution is 2.38. The zero-order chi connectivity index (χ0) is 25.8. The summed E-state index contributed by atoms with van der Waals surface area (Å²) in [6.45, 7) is 1.22. The summed E-state index contributed by atoms with van der Waals surface area (Å²) in [7, 11) is 0. The predicted octanol–water partition coefficient (Wildman–Crippen LogP) is 5.04. The van der Waals surface area contributed by atoms with E-state index in [0.717, 1.165) is 36.8 Å². The predicted molar refractivity (Wildman–Crippen MR) is 120 cm³/mol. The monoisotopic (exact) mass is 497 g/mol. The average Bonchev–Trinajstić information content (AvgIpc) is 2.82. The van der Waals surface area contributed by atoms with Gasteiger partial charge < -0.3 is 20.3 Å². The molecule has 0 radical (unpaired) electrons. The van der Waals surface area contributed by atoms with Crippen LogP contribution >= 0.6 is 0 Å². The SMILES string of the molecule is CCC1CCC(NC(=O)c2cc(F)c(OCCO)c(-c3cccc(C(F)(F)F)c3)c2)(C(=O)O)CC1. The van der Waals surface area contributed by atoms with Gasteiger partial charge in [0.2, 0.25) is 0 Å². The highest BCUT2D eigenvalue weighted by Gasteiger charge is 2.43. The minimum Gasteiger partial charge on any atom is -0.487 e. The Morgan fingerprint density at radius 3 is 2.43 bits per heavy atom. The molecule has 3 N–H and O–H groups in total.